The number of rotatable bonds is 5. The zero-order chi connectivity index (χ0) is 14.6. The highest BCUT2D eigenvalue weighted by molar-refractivity contribution is 7.14. The summed E-state index contributed by atoms with van der Waals surface area (Å²) in [6.07, 6.45) is 7.05. The normalized spacial score (nSPS) is 17.9. The van der Waals surface area contributed by atoms with Crippen LogP contribution in [0.25, 0.3) is 0 Å². The molecule has 1 saturated carbocycles. The van der Waals surface area contributed by atoms with Crippen LogP contribution in [0.2, 0.25) is 0 Å². The van der Waals surface area contributed by atoms with E-state index in [0.29, 0.717) is 6.54 Å². The minimum absolute atomic E-state index is 0.0422. The number of aliphatic hydroxyl groups is 1. The second-order valence-corrected chi connectivity index (χ2v) is 7.17. The number of carbonyl (C=O) groups excluding carboxylic acids is 1. The Morgan fingerprint density at radius 2 is 2.10 bits per heavy atom. The van der Waals surface area contributed by atoms with Crippen molar-refractivity contribution in [1.82, 2.24) is 5.32 Å². The standard InChI is InChI=1S/C16H25NO2S/c1-3-7-13-10-14(20-12(13)2)15(18)17-11-16(19)8-5-4-6-9-16/h10,19H,3-9,11H2,1-2H3,(H,17,18). The molecule has 112 valence electrons. The van der Waals surface area contributed by atoms with Gasteiger partial charge in [0.05, 0.1) is 10.5 Å². The molecular weight excluding hydrogens is 270 g/mol. The third-order valence-corrected chi connectivity index (χ3v) is 5.22. The topological polar surface area (TPSA) is 49.3 Å². The van der Waals surface area contributed by atoms with Crippen molar-refractivity contribution in [2.45, 2.75) is 64.4 Å². The van der Waals surface area contributed by atoms with Gasteiger partial charge in [-0.2, -0.15) is 0 Å². The summed E-state index contributed by atoms with van der Waals surface area (Å²) in [5, 5.41) is 13.3. The first-order valence-corrected chi connectivity index (χ1v) is 8.45. The fraction of sp³-hybridized carbons (Fsp3) is 0.688. The van der Waals surface area contributed by atoms with E-state index in [1.54, 1.807) is 11.3 Å². The summed E-state index contributed by atoms with van der Waals surface area (Å²) in [7, 11) is 0. The average molecular weight is 295 g/mol. The maximum absolute atomic E-state index is 12.2. The lowest BCUT2D eigenvalue weighted by Gasteiger charge is -2.32. The summed E-state index contributed by atoms with van der Waals surface area (Å²) >= 11 is 1.55. The molecule has 20 heavy (non-hydrogen) atoms. The van der Waals surface area contributed by atoms with Crippen LogP contribution in [0.1, 0.15) is 65.6 Å². The monoisotopic (exact) mass is 295 g/mol. The van der Waals surface area contributed by atoms with E-state index in [1.165, 1.54) is 16.9 Å². The second kappa shape index (κ2) is 6.72. The fourth-order valence-corrected chi connectivity index (χ4v) is 3.86. The van der Waals surface area contributed by atoms with E-state index in [4.69, 9.17) is 0 Å². The summed E-state index contributed by atoms with van der Waals surface area (Å²) in [5.74, 6) is -0.0422. The Bertz CT molecular complexity index is 461. The third kappa shape index (κ3) is 3.83. The van der Waals surface area contributed by atoms with Crippen molar-refractivity contribution in [3.8, 4) is 0 Å². The van der Waals surface area contributed by atoms with Gasteiger partial charge in [0.15, 0.2) is 0 Å². The number of carbonyl (C=O) groups is 1. The maximum atomic E-state index is 12.2. The number of hydrogen-bond acceptors (Lipinski definition) is 3. The molecule has 1 fully saturated rings. The van der Waals surface area contributed by atoms with Crippen molar-refractivity contribution in [1.29, 1.82) is 0 Å². The molecule has 0 unspecified atom stereocenters. The summed E-state index contributed by atoms with van der Waals surface area (Å²) < 4.78 is 0. The highest BCUT2D eigenvalue weighted by Crippen LogP contribution is 2.28. The minimum atomic E-state index is -0.688. The number of thiophene rings is 1. The molecule has 2 rings (SSSR count). The van der Waals surface area contributed by atoms with Gasteiger partial charge in [0.1, 0.15) is 0 Å². The average Bonchev–Trinajstić information content (AvgIpc) is 2.79. The molecule has 1 aliphatic carbocycles. The smallest absolute Gasteiger partial charge is 0.261 e. The van der Waals surface area contributed by atoms with Gasteiger partial charge in [0.25, 0.3) is 5.91 Å². The highest BCUT2D eigenvalue weighted by atomic mass is 32.1. The van der Waals surface area contributed by atoms with Crippen LogP contribution in [0.3, 0.4) is 0 Å². The van der Waals surface area contributed by atoms with E-state index < -0.39 is 5.60 Å². The predicted octanol–water partition coefficient (Wildman–Crippen LogP) is 3.43. The van der Waals surface area contributed by atoms with Gasteiger partial charge in [-0.15, -0.1) is 11.3 Å². The molecule has 0 aliphatic heterocycles. The second-order valence-electron chi connectivity index (χ2n) is 5.91. The van der Waals surface area contributed by atoms with E-state index in [1.807, 2.05) is 6.07 Å². The highest BCUT2D eigenvalue weighted by Gasteiger charge is 2.29. The number of hydrogen-bond donors (Lipinski definition) is 2. The molecule has 1 amide bonds. The lowest BCUT2D eigenvalue weighted by atomic mass is 9.85. The Morgan fingerprint density at radius 3 is 2.75 bits per heavy atom. The molecule has 0 atom stereocenters. The van der Waals surface area contributed by atoms with Gasteiger partial charge >= 0.3 is 0 Å². The quantitative estimate of drug-likeness (QED) is 0.874. The minimum Gasteiger partial charge on any atom is -0.388 e. The van der Waals surface area contributed by atoms with Gasteiger partial charge in [0, 0.05) is 11.4 Å². The van der Waals surface area contributed by atoms with E-state index >= 15 is 0 Å². The largest absolute Gasteiger partial charge is 0.388 e. The van der Waals surface area contributed by atoms with Crippen LogP contribution in [0.4, 0.5) is 0 Å². The van der Waals surface area contributed by atoms with E-state index in [-0.39, 0.29) is 5.91 Å². The Balaban J connectivity index is 1.92. The summed E-state index contributed by atoms with van der Waals surface area (Å²) in [4.78, 5) is 14.2. The molecule has 0 aromatic carbocycles. The van der Waals surface area contributed by atoms with Crippen LogP contribution < -0.4 is 5.32 Å². The first-order chi connectivity index (χ1) is 9.54. The van der Waals surface area contributed by atoms with Gasteiger partial charge in [-0.3, -0.25) is 4.79 Å². The van der Waals surface area contributed by atoms with Crippen LogP contribution in [0.15, 0.2) is 6.07 Å². The summed E-state index contributed by atoms with van der Waals surface area (Å²) in [5.41, 5.74) is 0.589. The van der Waals surface area contributed by atoms with Gasteiger partial charge in [-0.25, -0.2) is 0 Å². The Labute approximate surface area is 125 Å². The van der Waals surface area contributed by atoms with Crippen molar-refractivity contribution in [3.05, 3.63) is 21.4 Å². The van der Waals surface area contributed by atoms with Crippen molar-refractivity contribution < 1.29 is 9.90 Å². The third-order valence-electron chi connectivity index (χ3n) is 4.13. The first-order valence-electron chi connectivity index (χ1n) is 7.64. The van der Waals surface area contributed by atoms with Crippen molar-refractivity contribution in [2.75, 3.05) is 6.54 Å². The van der Waals surface area contributed by atoms with E-state index in [2.05, 4.69) is 19.2 Å². The summed E-state index contributed by atoms with van der Waals surface area (Å²) in [6, 6.07) is 2.00. The number of nitrogens with one attached hydrogen (secondary N) is 1. The van der Waals surface area contributed by atoms with Crippen molar-refractivity contribution in [3.63, 3.8) is 0 Å². The molecular formula is C16H25NO2S. The molecule has 1 heterocycles. The number of aryl methyl sites for hydroxylation is 2. The molecule has 0 bridgehead atoms. The lowest BCUT2D eigenvalue weighted by Crippen LogP contribution is -2.44. The summed E-state index contributed by atoms with van der Waals surface area (Å²) in [6.45, 7) is 4.60. The molecule has 1 aromatic heterocycles. The Morgan fingerprint density at radius 1 is 1.40 bits per heavy atom. The van der Waals surface area contributed by atoms with E-state index in [0.717, 1.165) is 43.4 Å². The lowest BCUT2D eigenvalue weighted by molar-refractivity contribution is 0.00529. The van der Waals surface area contributed by atoms with Crippen molar-refractivity contribution >= 4 is 17.2 Å². The molecule has 0 radical (unpaired) electrons. The zero-order valence-corrected chi connectivity index (χ0v) is 13.3. The van der Waals surface area contributed by atoms with Crippen LogP contribution in [-0.2, 0) is 6.42 Å². The molecule has 4 heteroatoms. The zero-order valence-electron chi connectivity index (χ0n) is 12.5. The number of amides is 1. The molecule has 2 N–H and O–H groups in total. The molecule has 0 spiro atoms. The van der Waals surface area contributed by atoms with Gasteiger partial charge in [0.2, 0.25) is 0 Å². The first kappa shape index (κ1) is 15.5. The van der Waals surface area contributed by atoms with Crippen LogP contribution in [0.5, 0.6) is 0 Å². The molecule has 1 aromatic rings. The van der Waals surface area contributed by atoms with Crippen LogP contribution in [-0.4, -0.2) is 23.2 Å². The predicted molar refractivity (Wildman–Crippen MR) is 83.4 cm³/mol. The fourth-order valence-electron chi connectivity index (χ4n) is 2.87. The van der Waals surface area contributed by atoms with Crippen LogP contribution >= 0.6 is 11.3 Å². The van der Waals surface area contributed by atoms with Crippen LogP contribution in [0, 0.1) is 6.92 Å². The molecule has 3 nitrogen and oxygen atoms in total. The van der Waals surface area contributed by atoms with Gasteiger partial charge < -0.3 is 10.4 Å². The van der Waals surface area contributed by atoms with Gasteiger partial charge in [-0.05, 0) is 37.8 Å². The maximum Gasteiger partial charge on any atom is 0.261 e. The molecule has 0 saturated heterocycles. The van der Waals surface area contributed by atoms with Crippen molar-refractivity contribution in [2.24, 2.45) is 0 Å². The Hall–Kier alpha value is -0.870. The Kier molecular flexibility index (Phi) is 5.22. The SMILES string of the molecule is CCCc1cc(C(=O)NCC2(O)CCCCC2)sc1C. The van der Waals surface area contributed by atoms with Gasteiger partial charge in [-0.1, -0.05) is 32.6 Å². The van der Waals surface area contributed by atoms with E-state index in [9.17, 15) is 9.90 Å². The molecule has 1 aliphatic rings.